The van der Waals surface area contributed by atoms with E-state index < -0.39 is 0 Å². The van der Waals surface area contributed by atoms with Crippen LogP contribution in [0.5, 0.6) is 0 Å². The lowest BCUT2D eigenvalue weighted by atomic mass is 10.4. The topological polar surface area (TPSA) is 58.2 Å². The molecule has 0 saturated heterocycles. The Morgan fingerprint density at radius 2 is 1.82 bits per heavy atom. The van der Waals surface area contributed by atoms with Crippen molar-refractivity contribution in [2.24, 2.45) is 0 Å². The molecular weight excluding hydrogens is 324 g/mol. The Bertz CT molecular complexity index is 536. The van der Waals surface area contributed by atoms with Crippen LogP contribution in [0, 0.1) is 0 Å². The maximum Gasteiger partial charge on any atom is 0.280 e. The van der Waals surface area contributed by atoms with Crippen molar-refractivity contribution in [2.75, 3.05) is 0 Å². The van der Waals surface area contributed by atoms with Crippen molar-refractivity contribution in [3.05, 3.63) is 43.2 Å². The smallest absolute Gasteiger partial charge is 0.266 e. The lowest BCUT2D eigenvalue weighted by Gasteiger charge is -2.04. The van der Waals surface area contributed by atoms with Crippen LogP contribution < -0.4 is 10.9 Å². The van der Waals surface area contributed by atoms with Gasteiger partial charge in [-0.05, 0) is 38.8 Å². The van der Waals surface area contributed by atoms with Gasteiger partial charge in [-0.3, -0.25) is 20.4 Å². The van der Waals surface area contributed by atoms with Crippen LogP contribution in [0.3, 0.4) is 0 Å². The summed E-state index contributed by atoms with van der Waals surface area (Å²) in [5.74, 6) is -0.655. The van der Waals surface area contributed by atoms with Crippen molar-refractivity contribution in [1.29, 1.82) is 0 Å². The molecule has 7 heteroatoms. The number of hydrogen-bond donors (Lipinski definition) is 2. The first-order chi connectivity index (χ1) is 8.18. The molecule has 2 aromatic rings. The summed E-state index contributed by atoms with van der Waals surface area (Å²) >= 11 is 5.86. The molecule has 0 unspecified atom stereocenters. The number of nitrogens with one attached hydrogen (secondary N) is 2. The minimum Gasteiger partial charge on any atom is -0.266 e. The third kappa shape index (κ3) is 2.93. The van der Waals surface area contributed by atoms with Gasteiger partial charge in [-0.15, -0.1) is 22.7 Å². The number of carbonyl (C=O) groups is 2. The first kappa shape index (κ1) is 12.3. The van der Waals surface area contributed by atoms with Gasteiger partial charge in [0, 0.05) is 4.47 Å². The number of carbonyl (C=O) groups excluding carboxylic acids is 2. The lowest BCUT2D eigenvalue weighted by molar-refractivity contribution is 0.0851. The van der Waals surface area contributed by atoms with Crippen molar-refractivity contribution in [1.82, 2.24) is 10.9 Å². The van der Waals surface area contributed by atoms with Crippen molar-refractivity contribution in [2.45, 2.75) is 0 Å². The van der Waals surface area contributed by atoms with Gasteiger partial charge in [0.15, 0.2) is 0 Å². The van der Waals surface area contributed by atoms with E-state index in [1.165, 1.54) is 22.7 Å². The van der Waals surface area contributed by atoms with Crippen molar-refractivity contribution >= 4 is 50.4 Å². The molecule has 2 rings (SSSR count). The predicted octanol–water partition coefficient (Wildman–Crippen LogP) is 2.65. The van der Waals surface area contributed by atoms with Gasteiger partial charge in [-0.1, -0.05) is 6.07 Å². The quantitative estimate of drug-likeness (QED) is 0.831. The van der Waals surface area contributed by atoms with E-state index in [0.717, 1.165) is 0 Å². The maximum absolute atomic E-state index is 11.7. The minimum atomic E-state index is -0.336. The molecule has 0 atom stereocenters. The van der Waals surface area contributed by atoms with Crippen molar-refractivity contribution < 1.29 is 9.59 Å². The molecule has 88 valence electrons. The number of thiophene rings is 2. The zero-order chi connectivity index (χ0) is 12.3. The van der Waals surface area contributed by atoms with Crippen LogP contribution >= 0.6 is 38.6 Å². The SMILES string of the molecule is O=C(NNC(=O)c1sccc1Br)c1cccs1. The van der Waals surface area contributed by atoms with Gasteiger partial charge in [-0.2, -0.15) is 0 Å². The molecule has 0 spiro atoms. The Balaban J connectivity index is 1.93. The zero-order valence-corrected chi connectivity index (χ0v) is 11.6. The summed E-state index contributed by atoms with van der Waals surface area (Å²) < 4.78 is 0.713. The van der Waals surface area contributed by atoms with Crippen LogP contribution in [-0.2, 0) is 0 Å². The molecule has 0 fully saturated rings. The highest BCUT2D eigenvalue weighted by Gasteiger charge is 2.13. The molecule has 0 radical (unpaired) electrons. The van der Waals surface area contributed by atoms with E-state index in [9.17, 15) is 9.59 Å². The number of rotatable bonds is 2. The highest BCUT2D eigenvalue weighted by Crippen LogP contribution is 2.21. The van der Waals surface area contributed by atoms with E-state index in [4.69, 9.17) is 0 Å². The Morgan fingerprint density at radius 3 is 2.41 bits per heavy atom. The van der Waals surface area contributed by atoms with Gasteiger partial charge in [-0.25, -0.2) is 0 Å². The fourth-order valence-corrected chi connectivity index (χ4v) is 3.16. The van der Waals surface area contributed by atoms with Gasteiger partial charge in [0.25, 0.3) is 11.8 Å². The molecule has 0 aliphatic heterocycles. The number of hydrazine groups is 1. The number of amides is 2. The van der Waals surface area contributed by atoms with E-state index in [1.54, 1.807) is 29.0 Å². The summed E-state index contributed by atoms with van der Waals surface area (Å²) in [5, 5.41) is 3.59. The van der Waals surface area contributed by atoms with Crippen molar-refractivity contribution in [3.8, 4) is 0 Å². The van der Waals surface area contributed by atoms with Gasteiger partial charge in [0.2, 0.25) is 0 Å². The highest BCUT2D eigenvalue weighted by atomic mass is 79.9. The summed E-state index contributed by atoms with van der Waals surface area (Å²) in [6, 6.07) is 5.24. The summed E-state index contributed by atoms with van der Waals surface area (Å²) in [6.45, 7) is 0. The molecule has 2 heterocycles. The Hall–Kier alpha value is -1.18. The number of hydrogen-bond acceptors (Lipinski definition) is 4. The van der Waals surface area contributed by atoms with Crippen LogP contribution in [-0.4, -0.2) is 11.8 Å². The van der Waals surface area contributed by atoms with Gasteiger partial charge in [0.1, 0.15) is 4.88 Å². The molecule has 0 saturated carbocycles. The van der Waals surface area contributed by atoms with Crippen LogP contribution in [0.25, 0.3) is 0 Å². The molecule has 0 aliphatic rings. The van der Waals surface area contributed by atoms with E-state index in [2.05, 4.69) is 26.8 Å². The molecular formula is C10H7BrN2O2S2. The van der Waals surface area contributed by atoms with E-state index in [1.807, 2.05) is 0 Å². The second kappa shape index (κ2) is 5.44. The summed E-state index contributed by atoms with van der Waals surface area (Å²) in [5.41, 5.74) is 4.72. The molecule has 2 N–H and O–H groups in total. The van der Waals surface area contributed by atoms with Gasteiger partial charge >= 0.3 is 0 Å². The molecule has 0 aliphatic carbocycles. The zero-order valence-electron chi connectivity index (χ0n) is 8.40. The van der Waals surface area contributed by atoms with Crippen LogP contribution in [0.15, 0.2) is 33.4 Å². The number of halogens is 1. The normalized spacial score (nSPS) is 9.94. The summed E-state index contributed by atoms with van der Waals surface area (Å²) in [6.07, 6.45) is 0. The van der Waals surface area contributed by atoms with Crippen LogP contribution in [0.4, 0.5) is 0 Å². The van der Waals surface area contributed by atoms with Gasteiger partial charge in [0.05, 0.1) is 4.88 Å². The maximum atomic E-state index is 11.7. The lowest BCUT2D eigenvalue weighted by Crippen LogP contribution is -2.41. The first-order valence-electron chi connectivity index (χ1n) is 4.55. The molecule has 2 amide bonds. The second-order valence-corrected chi connectivity index (χ2v) is 5.70. The average molecular weight is 331 g/mol. The molecule has 4 nitrogen and oxygen atoms in total. The largest absolute Gasteiger partial charge is 0.280 e. The van der Waals surface area contributed by atoms with Crippen LogP contribution in [0.2, 0.25) is 0 Å². The fourth-order valence-electron chi connectivity index (χ4n) is 1.10. The van der Waals surface area contributed by atoms with Gasteiger partial charge < -0.3 is 0 Å². The van der Waals surface area contributed by atoms with E-state index in [-0.39, 0.29) is 11.8 Å². The van der Waals surface area contributed by atoms with Crippen LogP contribution in [0.1, 0.15) is 19.3 Å². The van der Waals surface area contributed by atoms with Crippen molar-refractivity contribution in [3.63, 3.8) is 0 Å². The Kier molecular flexibility index (Phi) is 3.93. The predicted molar refractivity (Wildman–Crippen MR) is 71.3 cm³/mol. The Labute approximate surface area is 114 Å². The molecule has 0 bridgehead atoms. The third-order valence-corrected chi connectivity index (χ3v) is 4.56. The summed E-state index contributed by atoms with van der Waals surface area (Å²) in [7, 11) is 0. The van der Waals surface area contributed by atoms with E-state index >= 15 is 0 Å². The second-order valence-electron chi connectivity index (χ2n) is 2.98. The minimum absolute atomic E-state index is 0.318. The fraction of sp³-hybridized carbons (Fsp3) is 0. The first-order valence-corrected chi connectivity index (χ1v) is 7.11. The van der Waals surface area contributed by atoms with E-state index in [0.29, 0.717) is 14.2 Å². The molecule has 17 heavy (non-hydrogen) atoms. The standard InChI is InChI=1S/C10H7BrN2O2S2/c11-6-3-5-17-8(6)10(15)13-12-9(14)7-2-1-4-16-7/h1-5H,(H,12,14)(H,13,15). The third-order valence-electron chi connectivity index (χ3n) is 1.86. The highest BCUT2D eigenvalue weighted by molar-refractivity contribution is 9.10. The molecule has 0 aromatic carbocycles. The Morgan fingerprint density at radius 1 is 1.06 bits per heavy atom. The monoisotopic (exact) mass is 330 g/mol. The average Bonchev–Trinajstić information content (AvgIpc) is 2.95. The molecule has 2 aromatic heterocycles. The summed E-state index contributed by atoms with van der Waals surface area (Å²) in [4.78, 5) is 24.3.